The second-order valence-electron chi connectivity index (χ2n) is 7.96. The molecule has 1 fully saturated rings. The van der Waals surface area contributed by atoms with Gasteiger partial charge in [-0.05, 0) is 43.8 Å². The molecule has 1 N–H and O–H groups in total. The highest BCUT2D eigenvalue weighted by atomic mass is 16.6. The number of ether oxygens (including phenoxy) is 1. The van der Waals surface area contributed by atoms with Gasteiger partial charge >= 0.3 is 0 Å². The van der Waals surface area contributed by atoms with Gasteiger partial charge in [0.2, 0.25) is 0 Å². The summed E-state index contributed by atoms with van der Waals surface area (Å²) >= 11 is 0. The van der Waals surface area contributed by atoms with E-state index in [0.717, 1.165) is 19.6 Å². The van der Waals surface area contributed by atoms with Gasteiger partial charge in [-0.3, -0.25) is 19.7 Å². The Bertz CT molecular complexity index is 1110. The van der Waals surface area contributed by atoms with E-state index in [1.165, 1.54) is 30.2 Å². The van der Waals surface area contributed by atoms with Crippen molar-refractivity contribution in [3.63, 3.8) is 0 Å². The quantitative estimate of drug-likeness (QED) is 0.186. The minimum Gasteiger partial charge on any atom is -0.507 e. The number of Topliss-reactive ketones (excluding diaryl/α,β-unsaturated/α-hetero) is 1. The number of nitro benzene ring substituents is 1. The Hall–Kier alpha value is -3.72. The lowest BCUT2D eigenvalue weighted by Crippen LogP contribution is -2.33. The van der Waals surface area contributed by atoms with Gasteiger partial charge in [0, 0.05) is 24.2 Å². The van der Waals surface area contributed by atoms with Crippen molar-refractivity contribution in [2.75, 3.05) is 33.3 Å². The van der Waals surface area contributed by atoms with Crippen LogP contribution in [0.3, 0.4) is 0 Å². The lowest BCUT2D eigenvalue weighted by Gasteiger charge is -2.26. The highest BCUT2D eigenvalue weighted by Crippen LogP contribution is 2.40. The topological polar surface area (TPSA) is 113 Å². The lowest BCUT2D eigenvalue weighted by atomic mass is 9.95. The molecule has 2 aromatic carbocycles. The number of nitrogens with zero attached hydrogens (tertiary/aromatic N) is 3. The Morgan fingerprint density at radius 3 is 2.50 bits per heavy atom. The monoisotopic (exact) mass is 467 g/mol. The molecule has 1 amide bonds. The first-order valence-corrected chi connectivity index (χ1v) is 11.2. The van der Waals surface area contributed by atoms with Gasteiger partial charge < -0.3 is 19.6 Å². The van der Waals surface area contributed by atoms with Crippen LogP contribution < -0.4 is 4.74 Å². The zero-order valence-electron chi connectivity index (χ0n) is 19.6. The zero-order chi connectivity index (χ0) is 24.8. The summed E-state index contributed by atoms with van der Waals surface area (Å²) in [6.07, 6.45) is 0.610. The summed E-state index contributed by atoms with van der Waals surface area (Å²) in [5, 5.41) is 22.5. The predicted molar refractivity (Wildman–Crippen MR) is 128 cm³/mol. The molecule has 1 atom stereocenters. The Morgan fingerprint density at radius 1 is 1.15 bits per heavy atom. The fraction of sp³-hybridized carbons (Fsp3) is 0.360. The number of benzene rings is 2. The summed E-state index contributed by atoms with van der Waals surface area (Å²) in [6, 6.07) is 11.4. The number of nitro groups is 1. The van der Waals surface area contributed by atoms with Crippen LogP contribution in [0.25, 0.3) is 5.76 Å². The summed E-state index contributed by atoms with van der Waals surface area (Å²) in [5.41, 5.74) is 0.450. The molecule has 3 rings (SSSR count). The van der Waals surface area contributed by atoms with Gasteiger partial charge in [-0.2, -0.15) is 0 Å². The number of rotatable bonds is 10. The third-order valence-corrected chi connectivity index (χ3v) is 6.05. The van der Waals surface area contributed by atoms with Crippen molar-refractivity contribution in [1.82, 2.24) is 9.80 Å². The molecule has 0 unspecified atom stereocenters. The van der Waals surface area contributed by atoms with Crippen LogP contribution in [0.4, 0.5) is 5.69 Å². The number of hydrogen-bond donors (Lipinski definition) is 1. The van der Waals surface area contributed by atoms with E-state index >= 15 is 0 Å². The van der Waals surface area contributed by atoms with Crippen LogP contribution in [-0.2, 0) is 9.59 Å². The molecule has 9 nitrogen and oxygen atoms in total. The van der Waals surface area contributed by atoms with Crippen molar-refractivity contribution in [3.8, 4) is 5.75 Å². The number of aliphatic hydroxyl groups excluding tert-OH is 1. The van der Waals surface area contributed by atoms with Crippen LogP contribution in [0.5, 0.6) is 5.75 Å². The largest absolute Gasteiger partial charge is 0.507 e. The van der Waals surface area contributed by atoms with Gasteiger partial charge in [0.1, 0.15) is 11.5 Å². The van der Waals surface area contributed by atoms with E-state index < -0.39 is 22.7 Å². The van der Waals surface area contributed by atoms with Gasteiger partial charge in [-0.15, -0.1) is 0 Å². The third-order valence-electron chi connectivity index (χ3n) is 6.05. The second-order valence-corrected chi connectivity index (χ2v) is 7.96. The number of non-ortho nitro benzene ring substituents is 1. The van der Waals surface area contributed by atoms with Crippen LogP contribution >= 0.6 is 0 Å². The molecule has 1 aliphatic rings. The number of amides is 1. The maximum Gasteiger partial charge on any atom is 0.295 e. The first-order valence-electron chi connectivity index (χ1n) is 11.2. The van der Waals surface area contributed by atoms with Crippen molar-refractivity contribution < 1.29 is 24.4 Å². The van der Waals surface area contributed by atoms with Crippen molar-refractivity contribution in [3.05, 3.63) is 75.3 Å². The summed E-state index contributed by atoms with van der Waals surface area (Å²) < 4.78 is 5.21. The molecule has 0 aliphatic carbocycles. The zero-order valence-corrected chi connectivity index (χ0v) is 19.6. The first kappa shape index (κ1) is 24.9. The summed E-state index contributed by atoms with van der Waals surface area (Å²) in [5.74, 6) is -1.43. The molecule has 0 saturated carbocycles. The predicted octanol–water partition coefficient (Wildman–Crippen LogP) is 3.76. The van der Waals surface area contributed by atoms with Gasteiger partial charge in [0.05, 0.1) is 23.6 Å². The molecular weight excluding hydrogens is 438 g/mol. The van der Waals surface area contributed by atoms with Crippen LogP contribution in [0.15, 0.2) is 54.1 Å². The standard InChI is InChI=1S/C25H29N3O6/c1-4-26(5-2)13-8-14-27-22(17-9-6-11-19(15-17)28(32)33)21(24(30)25(27)31)23(29)18-10-7-12-20(16-18)34-3/h6-7,9-12,15-16,22,29H,4-5,8,13-14H2,1-3H3/b23-21+/t22-/m1/s1. The van der Waals surface area contributed by atoms with E-state index in [-0.39, 0.29) is 23.6 Å². The molecular formula is C25H29N3O6. The normalized spacial score (nSPS) is 17.4. The number of carbonyl (C=O) groups is 2. The first-order chi connectivity index (χ1) is 16.3. The van der Waals surface area contributed by atoms with Crippen LogP contribution in [0, 0.1) is 10.1 Å². The molecule has 0 radical (unpaired) electrons. The Labute approximate surface area is 198 Å². The molecule has 0 bridgehead atoms. The molecule has 34 heavy (non-hydrogen) atoms. The van der Waals surface area contributed by atoms with Crippen LogP contribution in [-0.4, -0.2) is 64.8 Å². The van der Waals surface area contributed by atoms with Gasteiger partial charge in [-0.1, -0.05) is 38.1 Å². The molecule has 1 saturated heterocycles. The fourth-order valence-corrected chi connectivity index (χ4v) is 4.20. The van der Waals surface area contributed by atoms with E-state index in [0.29, 0.717) is 23.3 Å². The minimum atomic E-state index is -0.942. The van der Waals surface area contributed by atoms with Crippen molar-refractivity contribution in [2.24, 2.45) is 0 Å². The van der Waals surface area contributed by atoms with Crippen molar-refractivity contribution >= 4 is 23.1 Å². The number of ketones is 1. The van der Waals surface area contributed by atoms with E-state index in [4.69, 9.17) is 4.74 Å². The summed E-state index contributed by atoms with van der Waals surface area (Å²) in [7, 11) is 1.48. The number of aliphatic hydroxyl groups is 1. The number of carbonyl (C=O) groups excluding carboxylic acids is 2. The highest BCUT2D eigenvalue weighted by molar-refractivity contribution is 6.46. The van der Waals surface area contributed by atoms with Crippen LogP contribution in [0.2, 0.25) is 0 Å². The Balaban J connectivity index is 2.09. The van der Waals surface area contributed by atoms with Crippen LogP contribution in [0.1, 0.15) is 37.4 Å². The van der Waals surface area contributed by atoms with Gasteiger partial charge in [0.15, 0.2) is 0 Å². The average Bonchev–Trinajstić information content (AvgIpc) is 3.11. The van der Waals surface area contributed by atoms with Crippen molar-refractivity contribution in [2.45, 2.75) is 26.3 Å². The van der Waals surface area contributed by atoms with E-state index in [1.807, 2.05) is 13.8 Å². The molecule has 180 valence electrons. The maximum absolute atomic E-state index is 13.1. The lowest BCUT2D eigenvalue weighted by molar-refractivity contribution is -0.384. The molecule has 0 spiro atoms. The summed E-state index contributed by atoms with van der Waals surface area (Å²) in [6.45, 7) is 6.82. The maximum atomic E-state index is 13.1. The Morgan fingerprint density at radius 2 is 1.85 bits per heavy atom. The molecule has 0 aromatic heterocycles. The molecule has 1 aliphatic heterocycles. The third kappa shape index (κ3) is 5.09. The number of likely N-dealkylation sites (tertiary alicyclic amines) is 1. The molecule has 9 heteroatoms. The molecule has 1 heterocycles. The summed E-state index contributed by atoms with van der Waals surface area (Å²) in [4.78, 5) is 40.6. The SMILES string of the molecule is CCN(CC)CCCN1C(=O)C(=O)/C(=C(/O)c2cccc(OC)c2)[C@H]1c1cccc([N+](=O)[O-])c1. The van der Waals surface area contributed by atoms with Crippen molar-refractivity contribution in [1.29, 1.82) is 0 Å². The van der Waals surface area contributed by atoms with Gasteiger partial charge in [0.25, 0.3) is 17.4 Å². The fourth-order valence-electron chi connectivity index (χ4n) is 4.20. The van der Waals surface area contributed by atoms with E-state index in [9.17, 15) is 24.8 Å². The number of methoxy groups -OCH3 is 1. The van der Waals surface area contributed by atoms with E-state index in [2.05, 4.69) is 4.90 Å². The minimum absolute atomic E-state index is 0.0957. The smallest absolute Gasteiger partial charge is 0.295 e. The molecule has 2 aromatic rings. The van der Waals surface area contributed by atoms with E-state index in [1.54, 1.807) is 30.3 Å². The average molecular weight is 468 g/mol. The number of hydrogen-bond acceptors (Lipinski definition) is 7. The van der Waals surface area contributed by atoms with Gasteiger partial charge in [-0.25, -0.2) is 0 Å². The highest BCUT2D eigenvalue weighted by Gasteiger charge is 2.46. The Kier molecular flexibility index (Phi) is 8.01. The second kappa shape index (κ2) is 10.9.